The van der Waals surface area contributed by atoms with Crippen molar-refractivity contribution < 1.29 is 4.79 Å². The molecule has 4 heteroatoms. The lowest BCUT2D eigenvalue weighted by Gasteiger charge is -2.30. The monoisotopic (exact) mass is 344 g/mol. The molecule has 0 N–H and O–H groups in total. The Labute approximate surface area is 149 Å². The molecule has 1 saturated heterocycles. The number of carbonyl (C=O) groups is 1. The van der Waals surface area contributed by atoms with E-state index in [1.54, 1.807) is 0 Å². The molecular weight excluding hydrogens is 320 g/mol. The maximum atomic E-state index is 12.6. The van der Waals surface area contributed by atoms with Gasteiger partial charge in [-0.25, -0.2) is 0 Å². The molecule has 0 aliphatic carbocycles. The average Bonchev–Trinajstić information content (AvgIpc) is 2.64. The van der Waals surface area contributed by atoms with E-state index in [1.165, 1.54) is 19.3 Å². The fraction of sp³-hybridized carbons (Fsp3) is 0.450. The van der Waals surface area contributed by atoms with Gasteiger partial charge in [0.2, 0.25) is 5.91 Å². The molecule has 3 nitrogen and oxygen atoms in total. The summed E-state index contributed by atoms with van der Waals surface area (Å²) in [6, 6.07) is 11.9. The molecule has 1 heterocycles. The summed E-state index contributed by atoms with van der Waals surface area (Å²) in [4.78, 5) is 17.0. The summed E-state index contributed by atoms with van der Waals surface area (Å²) in [6.45, 7) is 5.89. The van der Waals surface area contributed by atoms with Gasteiger partial charge in [-0.2, -0.15) is 0 Å². The van der Waals surface area contributed by atoms with Crippen molar-refractivity contribution in [2.75, 3.05) is 31.1 Å². The van der Waals surface area contributed by atoms with Gasteiger partial charge in [-0.3, -0.25) is 4.79 Å². The third-order valence-corrected chi connectivity index (χ3v) is 5.16. The van der Waals surface area contributed by atoms with Crippen molar-refractivity contribution >= 4 is 34.0 Å². The van der Waals surface area contributed by atoms with E-state index in [1.807, 2.05) is 48.2 Å². The Morgan fingerprint density at radius 2 is 1.79 bits per heavy atom. The zero-order valence-corrected chi connectivity index (χ0v) is 15.1. The summed E-state index contributed by atoms with van der Waals surface area (Å²) < 4.78 is 0. The second-order valence-corrected chi connectivity index (χ2v) is 6.82. The number of anilines is 1. The highest BCUT2D eigenvalue weighted by Gasteiger charge is 2.19. The standard InChI is InChI=1S/C20H25ClN2O/c1-2-20(24)23(15-14-22-12-6-3-7-13-22)19-11-10-18(21)16-8-4-5-9-17(16)19/h4-5,8-11H,2-3,6-7,12-15H2,1H3. The number of nitrogens with zero attached hydrogens (tertiary/aromatic N) is 2. The molecule has 0 atom stereocenters. The number of likely N-dealkylation sites (tertiary alicyclic amines) is 1. The van der Waals surface area contributed by atoms with E-state index >= 15 is 0 Å². The van der Waals surface area contributed by atoms with Crippen LogP contribution >= 0.6 is 11.6 Å². The SMILES string of the molecule is CCC(=O)N(CCN1CCCCC1)c1ccc(Cl)c2ccccc12. The van der Waals surface area contributed by atoms with Crippen LogP contribution in [0, 0.1) is 0 Å². The summed E-state index contributed by atoms with van der Waals surface area (Å²) >= 11 is 6.33. The van der Waals surface area contributed by atoms with Crippen LogP contribution in [-0.4, -0.2) is 37.0 Å². The average molecular weight is 345 g/mol. The number of hydrogen-bond donors (Lipinski definition) is 0. The largest absolute Gasteiger partial charge is 0.311 e. The first-order valence-electron chi connectivity index (χ1n) is 8.90. The van der Waals surface area contributed by atoms with E-state index in [-0.39, 0.29) is 5.91 Å². The highest BCUT2D eigenvalue weighted by molar-refractivity contribution is 6.36. The van der Waals surface area contributed by atoms with Crippen molar-refractivity contribution in [3.05, 3.63) is 41.4 Å². The van der Waals surface area contributed by atoms with Crippen LogP contribution < -0.4 is 4.90 Å². The number of fused-ring (bicyclic) bond motifs is 1. The smallest absolute Gasteiger partial charge is 0.226 e. The van der Waals surface area contributed by atoms with Crippen molar-refractivity contribution in [3.8, 4) is 0 Å². The van der Waals surface area contributed by atoms with Gasteiger partial charge in [0.15, 0.2) is 0 Å². The number of amides is 1. The van der Waals surface area contributed by atoms with Crippen LogP contribution in [0.1, 0.15) is 32.6 Å². The molecule has 1 aliphatic rings. The minimum Gasteiger partial charge on any atom is -0.311 e. The maximum Gasteiger partial charge on any atom is 0.226 e. The molecule has 0 saturated carbocycles. The Kier molecular flexibility index (Phi) is 5.75. The van der Waals surface area contributed by atoms with Crippen LogP contribution in [0.15, 0.2) is 36.4 Å². The highest BCUT2D eigenvalue weighted by Crippen LogP contribution is 2.32. The number of hydrogen-bond acceptors (Lipinski definition) is 2. The number of carbonyl (C=O) groups excluding carboxylic acids is 1. The third kappa shape index (κ3) is 3.73. The fourth-order valence-electron chi connectivity index (χ4n) is 3.48. The zero-order valence-electron chi connectivity index (χ0n) is 14.3. The van der Waals surface area contributed by atoms with Gasteiger partial charge in [-0.05, 0) is 38.1 Å². The Balaban J connectivity index is 1.88. The molecule has 0 unspecified atom stereocenters. The first-order chi connectivity index (χ1) is 11.7. The molecule has 0 spiro atoms. The molecule has 128 valence electrons. The molecule has 1 fully saturated rings. The van der Waals surface area contributed by atoms with Gasteiger partial charge in [-0.1, -0.05) is 49.2 Å². The van der Waals surface area contributed by atoms with E-state index in [0.29, 0.717) is 6.42 Å². The molecule has 2 aromatic carbocycles. The summed E-state index contributed by atoms with van der Waals surface area (Å²) in [5, 5.41) is 2.78. The lowest BCUT2D eigenvalue weighted by molar-refractivity contribution is -0.118. The second kappa shape index (κ2) is 8.00. The number of piperidine rings is 1. The molecule has 24 heavy (non-hydrogen) atoms. The topological polar surface area (TPSA) is 23.6 Å². The van der Waals surface area contributed by atoms with Gasteiger partial charge in [0, 0.05) is 35.3 Å². The van der Waals surface area contributed by atoms with Gasteiger partial charge in [-0.15, -0.1) is 0 Å². The number of halogens is 1. The molecule has 0 bridgehead atoms. The van der Waals surface area contributed by atoms with Crippen molar-refractivity contribution in [1.29, 1.82) is 0 Å². The zero-order chi connectivity index (χ0) is 16.9. The lowest BCUT2D eigenvalue weighted by Crippen LogP contribution is -2.40. The van der Waals surface area contributed by atoms with Crippen LogP contribution in [-0.2, 0) is 4.79 Å². The normalized spacial score (nSPS) is 15.6. The summed E-state index contributed by atoms with van der Waals surface area (Å²) in [6.07, 6.45) is 4.38. The lowest BCUT2D eigenvalue weighted by atomic mass is 10.1. The predicted molar refractivity (Wildman–Crippen MR) is 102 cm³/mol. The maximum absolute atomic E-state index is 12.6. The van der Waals surface area contributed by atoms with Crippen LogP contribution in [0.5, 0.6) is 0 Å². The third-order valence-electron chi connectivity index (χ3n) is 4.83. The molecule has 1 amide bonds. The minimum absolute atomic E-state index is 0.166. The molecule has 3 rings (SSSR count). The Morgan fingerprint density at radius 3 is 2.50 bits per heavy atom. The Hall–Kier alpha value is -1.58. The summed E-state index contributed by atoms with van der Waals surface area (Å²) in [5.41, 5.74) is 0.971. The first kappa shape index (κ1) is 17.2. The van der Waals surface area contributed by atoms with Crippen molar-refractivity contribution in [3.63, 3.8) is 0 Å². The molecular formula is C20H25ClN2O. The second-order valence-electron chi connectivity index (χ2n) is 6.41. The van der Waals surface area contributed by atoms with Crippen LogP contribution in [0.25, 0.3) is 10.8 Å². The van der Waals surface area contributed by atoms with E-state index in [2.05, 4.69) is 4.90 Å². The van der Waals surface area contributed by atoms with Gasteiger partial charge in [0.25, 0.3) is 0 Å². The Morgan fingerprint density at radius 1 is 1.08 bits per heavy atom. The summed E-state index contributed by atoms with van der Waals surface area (Å²) in [7, 11) is 0. The number of benzene rings is 2. The Bertz CT molecular complexity index is 710. The van der Waals surface area contributed by atoms with Gasteiger partial charge in [0.05, 0.1) is 5.69 Å². The van der Waals surface area contributed by atoms with Crippen LogP contribution in [0.3, 0.4) is 0 Å². The first-order valence-corrected chi connectivity index (χ1v) is 9.28. The van der Waals surface area contributed by atoms with Gasteiger partial charge in [0.1, 0.15) is 0 Å². The highest BCUT2D eigenvalue weighted by atomic mass is 35.5. The van der Waals surface area contributed by atoms with Crippen LogP contribution in [0.4, 0.5) is 5.69 Å². The van der Waals surface area contributed by atoms with E-state index in [4.69, 9.17) is 11.6 Å². The molecule has 1 aliphatic heterocycles. The van der Waals surface area contributed by atoms with Crippen molar-refractivity contribution in [2.24, 2.45) is 0 Å². The van der Waals surface area contributed by atoms with Gasteiger partial charge < -0.3 is 9.80 Å². The van der Waals surface area contributed by atoms with Crippen LogP contribution in [0.2, 0.25) is 5.02 Å². The number of rotatable bonds is 5. The van der Waals surface area contributed by atoms with E-state index in [9.17, 15) is 4.79 Å². The summed E-state index contributed by atoms with van der Waals surface area (Å²) in [5.74, 6) is 0.166. The van der Waals surface area contributed by atoms with Gasteiger partial charge >= 0.3 is 0 Å². The molecule has 0 radical (unpaired) electrons. The van der Waals surface area contributed by atoms with Crippen molar-refractivity contribution in [1.82, 2.24) is 4.90 Å². The fourth-order valence-corrected chi connectivity index (χ4v) is 3.70. The quantitative estimate of drug-likeness (QED) is 0.783. The molecule has 0 aromatic heterocycles. The van der Waals surface area contributed by atoms with Crippen molar-refractivity contribution in [2.45, 2.75) is 32.6 Å². The minimum atomic E-state index is 0.166. The van der Waals surface area contributed by atoms with E-state index in [0.717, 1.165) is 47.7 Å². The van der Waals surface area contributed by atoms with E-state index < -0.39 is 0 Å². The molecule has 2 aromatic rings. The predicted octanol–water partition coefficient (Wildman–Crippen LogP) is 4.72.